The average molecular weight is 457 g/mol. The van der Waals surface area contributed by atoms with Crippen molar-refractivity contribution < 1.29 is 14.0 Å². The van der Waals surface area contributed by atoms with Crippen LogP contribution in [0.1, 0.15) is 30.2 Å². The number of aryl methyl sites for hydroxylation is 2. The van der Waals surface area contributed by atoms with E-state index < -0.39 is 0 Å². The van der Waals surface area contributed by atoms with Crippen molar-refractivity contribution >= 4 is 17.8 Å². The van der Waals surface area contributed by atoms with Gasteiger partial charge >= 0.3 is 0 Å². The fourth-order valence-corrected chi connectivity index (χ4v) is 3.67. The van der Waals surface area contributed by atoms with Gasteiger partial charge in [0.25, 0.3) is 0 Å². The molecule has 0 aliphatic carbocycles. The van der Waals surface area contributed by atoms with Gasteiger partial charge in [0.15, 0.2) is 0 Å². The molecule has 0 bridgehead atoms. The van der Waals surface area contributed by atoms with E-state index in [0.29, 0.717) is 18.1 Å². The molecule has 0 aliphatic heterocycles. The van der Waals surface area contributed by atoms with Crippen molar-refractivity contribution in [2.45, 2.75) is 33.7 Å². The number of rotatable bonds is 8. The van der Waals surface area contributed by atoms with Crippen LogP contribution in [0.4, 0.5) is 5.95 Å². The van der Waals surface area contributed by atoms with Gasteiger partial charge in [0.05, 0.1) is 18.5 Å². The van der Waals surface area contributed by atoms with E-state index in [4.69, 9.17) is 9.40 Å². The lowest BCUT2D eigenvalue weighted by molar-refractivity contribution is -0.135. The molecule has 2 aromatic heterocycles. The molecular weight excluding hydrogens is 428 g/mol. The number of carbonyl (C=O) groups excluding carboxylic acids is 2. The third-order valence-corrected chi connectivity index (χ3v) is 5.71. The number of imidazole rings is 1. The van der Waals surface area contributed by atoms with Crippen LogP contribution in [0.15, 0.2) is 77.5 Å². The van der Waals surface area contributed by atoms with E-state index >= 15 is 0 Å². The molecule has 34 heavy (non-hydrogen) atoms. The first-order chi connectivity index (χ1) is 16.4. The maximum atomic E-state index is 13.0. The highest BCUT2D eigenvalue weighted by Crippen LogP contribution is 2.25. The van der Waals surface area contributed by atoms with Crippen LogP contribution < -0.4 is 5.32 Å². The quantitative estimate of drug-likeness (QED) is 0.399. The summed E-state index contributed by atoms with van der Waals surface area (Å²) in [5.74, 6) is 0.560. The summed E-state index contributed by atoms with van der Waals surface area (Å²) in [4.78, 5) is 31.7. The van der Waals surface area contributed by atoms with Crippen molar-refractivity contribution in [3.8, 4) is 16.9 Å². The van der Waals surface area contributed by atoms with E-state index in [1.165, 1.54) is 10.5 Å². The van der Waals surface area contributed by atoms with Gasteiger partial charge in [0.2, 0.25) is 17.8 Å². The summed E-state index contributed by atoms with van der Waals surface area (Å²) in [7, 11) is 0. The van der Waals surface area contributed by atoms with E-state index in [2.05, 4.69) is 25.2 Å². The fraction of sp³-hybridized carbons (Fsp3) is 0.222. The minimum Gasteiger partial charge on any atom is -0.467 e. The summed E-state index contributed by atoms with van der Waals surface area (Å²) in [6.45, 7) is 6.01. The average Bonchev–Trinajstić information content (AvgIpc) is 3.50. The Hall–Kier alpha value is -4.13. The molecular formula is C27H28N4O3. The molecule has 2 amide bonds. The number of hydrogen-bond donors (Lipinski definition) is 1. The molecule has 0 saturated carbocycles. The van der Waals surface area contributed by atoms with Crippen LogP contribution in [-0.2, 0) is 16.1 Å². The maximum Gasteiger partial charge on any atom is 0.246 e. The van der Waals surface area contributed by atoms with Crippen molar-refractivity contribution in [1.82, 2.24) is 14.5 Å². The predicted molar refractivity (Wildman–Crippen MR) is 132 cm³/mol. The normalized spacial score (nSPS) is 10.8. The molecule has 4 aromatic rings. The van der Waals surface area contributed by atoms with Gasteiger partial charge in [-0.3, -0.25) is 19.5 Å². The summed E-state index contributed by atoms with van der Waals surface area (Å²) >= 11 is 0. The van der Waals surface area contributed by atoms with Gasteiger partial charge in [-0.15, -0.1) is 0 Å². The molecule has 0 atom stereocenters. The second-order valence-electron chi connectivity index (χ2n) is 8.19. The van der Waals surface area contributed by atoms with Crippen molar-refractivity contribution in [2.24, 2.45) is 0 Å². The highest BCUT2D eigenvalue weighted by molar-refractivity contribution is 5.93. The molecule has 1 N–H and O–H groups in total. The number of amides is 2. The topological polar surface area (TPSA) is 80.4 Å². The van der Waals surface area contributed by atoms with Gasteiger partial charge in [-0.05, 0) is 49.2 Å². The first-order valence-corrected chi connectivity index (χ1v) is 11.3. The summed E-state index contributed by atoms with van der Waals surface area (Å²) in [5.41, 5.74) is 4.91. The smallest absolute Gasteiger partial charge is 0.246 e. The molecule has 0 saturated heterocycles. The SMILES string of the molecule is CCC(=O)N(CC(=O)Nc1nc(-c2ccccc2)cn1-c1ccc(C)c(C)c1)Cc1ccco1. The number of carbonyl (C=O) groups is 2. The highest BCUT2D eigenvalue weighted by Gasteiger charge is 2.20. The molecule has 0 fully saturated rings. The van der Waals surface area contributed by atoms with Crippen molar-refractivity contribution in [3.05, 3.63) is 90.0 Å². The van der Waals surface area contributed by atoms with Crippen LogP contribution >= 0.6 is 0 Å². The zero-order valence-corrected chi connectivity index (χ0v) is 19.6. The van der Waals surface area contributed by atoms with Crippen LogP contribution in [-0.4, -0.2) is 32.8 Å². The van der Waals surface area contributed by atoms with Crippen molar-refractivity contribution in [3.63, 3.8) is 0 Å². The standard InChI is InChI=1S/C27H28N4O3/c1-4-26(33)30(16-23-11-8-14-34-23)18-25(32)29-27-28-24(21-9-6-5-7-10-21)17-31(27)22-13-12-19(2)20(3)15-22/h5-15,17H,4,16,18H2,1-3H3,(H,28,29,32). The minimum atomic E-state index is -0.330. The van der Waals surface area contributed by atoms with Crippen LogP contribution in [0.2, 0.25) is 0 Å². The Balaban J connectivity index is 1.62. The number of benzene rings is 2. The molecule has 2 aromatic carbocycles. The first kappa shape index (κ1) is 23.0. The lowest BCUT2D eigenvalue weighted by atomic mass is 10.1. The summed E-state index contributed by atoms with van der Waals surface area (Å²) in [6, 6.07) is 19.4. The minimum absolute atomic E-state index is 0.103. The molecule has 0 unspecified atom stereocenters. The number of anilines is 1. The largest absolute Gasteiger partial charge is 0.467 e. The number of nitrogens with zero attached hydrogens (tertiary/aromatic N) is 3. The fourth-order valence-electron chi connectivity index (χ4n) is 3.67. The van der Waals surface area contributed by atoms with Gasteiger partial charge < -0.3 is 9.32 Å². The molecule has 0 radical (unpaired) electrons. The lowest BCUT2D eigenvalue weighted by Gasteiger charge is -2.20. The van der Waals surface area contributed by atoms with E-state index in [9.17, 15) is 9.59 Å². The molecule has 0 spiro atoms. The predicted octanol–water partition coefficient (Wildman–Crippen LogP) is 5.13. The van der Waals surface area contributed by atoms with Crippen LogP contribution in [0.3, 0.4) is 0 Å². The molecule has 4 rings (SSSR count). The molecule has 2 heterocycles. The van der Waals surface area contributed by atoms with Crippen LogP contribution in [0.5, 0.6) is 0 Å². The van der Waals surface area contributed by atoms with Gasteiger partial charge in [-0.25, -0.2) is 4.98 Å². The molecule has 174 valence electrons. The Morgan fingerprint density at radius 2 is 1.82 bits per heavy atom. The van der Waals surface area contributed by atoms with E-state index in [-0.39, 0.29) is 24.9 Å². The van der Waals surface area contributed by atoms with Gasteiger partial charge in [0, 0.05) is 23.9 Å². The van der Waals surface area contributed by atoms with Crippen LogP contribution in [0, 0.1) is 13.8 Å². The Morgan fingerprint density at radius 3 is 2.50 bits per heavy atom. The number of nitrogens with one attached hydrogen (secondary N) is 1. The van der Waals surface area contributed by atoms with Gasteiger partial charge in [0.1, 0.15) is 12.3 Å². The van der Waals surface area contributed by atoms with Crippen molar-refractivity contribution in [1.29, 1.82) is 0 Å². The Labute approximate surface area is 199 Å². The Kier molecular flexibility index (Phi) is 6.92. The van der Waals surface area contributed by atoms with Crippen LogP contribution in [0.25, 0.3) is 16.9 Å². The first-order valence-electron chi connectivity index (χ1n) is 11.3. The van der Waals surface area contributed by atoms with Gasteiger partial charge in [-0.2, -0.15) is 0 Å². The highest BCUT2D eigenvalue weighted by atomic mass is 16.3. The summed E-state index contributed by atoms with van der Waals surface area (Å²) in [5, 5.41) is 2.91. The molecule has 7 nitrogen and oxygen atoms in total. The van der Waals surface area contributed by atoms with E-state index in [1.807, 2.05) is 53.2 Å². The van der Waals surface area contributed by atoms with E-state index in [1.54, 1.807) is 25.3 Å². The number of hydrogen-bond acceptors (Lipinski definition) is 4. The number of aromatic nitrogens is 2. The second kappa shape index (κ2) is 10.2. The van der Waals surface area contributed by atoms with E-state index in [0.717, 1.165) is 22.5 Å². The molecule has 0 aliphatic rings. The third kappa shape index (κ3) is 5.26. The number of furan rings is 1. The Morgan fingerprint density at radius 1 is 1.03 bits per heavy atom. The zero-order chi connectivity index (χ0) is 24.1. The van der Waals surface area contributed by atoms with Crippen molar-refractivity contribution in [2.75, 3.05) is 11.9 Å². The second-order valence-corrected chi connectivity index (χ2v) is 8.19. The Bertz CT molecular complexity index is 1280. The zero-order valence-electron chi connectivity index (χ0n) is 19.6. The van der Waals surface area contributed by atoms with Gasteiger partial charge in [-0.1, -0.05) is 43.3 Å². The third-order valence-electron chi connectivity index (χ3n) is 5.71. The summed E-state index contributed by atoms with van der Waals surface area (Å²) < 4.78 is 7.23. The summed E-state index contributed by atoms with van der Waals surface area (Å²) in [6.07, 6.45) is 3.76. The lowest BCUT2D eigenvalue weighted by Crippen LogP contribution is -2.37. The monoisotopic (exact) mass is 456 g/mol. The maximum absolute atomic E-state index is 13.0. The molecule has 7 heteroatoms.